The van der Waals surface area contributed by atoms with E-state index in [1.807, 2.05) is 60.7 Å². The number of amides is 2. The molecular formula is C29H37N2O7P. The lowest BCUT2D eigenvalue weighted by atomic mass is 10.1. The molecule has 2 aromatic rings. The molecule has 210 valence electrons. The molecule has 0 spiro atoms. The minimum absolute atomic E-state index is 0.0192. The summed E-state index contributed by atoms with van der Waals surface area (Å²) >= 11 is 0. The van der Waals surface area contributed by atoms with Gasteiger partial charge in [0.1, 0.15) is 11.7 Å². The number of carbonyl (C=O) groups is 3. The van der Waals surface area contributed by atoms with Gasteiger partial charge in [-0.15, -0.1) is 0 Å². The quantitative estimate of drug-likeness (QED) is 0.320. The third kappa shape index (κ3) is 7.78. The average Bonchev–Trinajstić information content (AvgIpc) is 3.03. The Balaban J connectivity index is 1.57. The van der Waals surface area contributed by atoms with E-state index >= 15 is 0 Å². The van der Waals surface area contributed by atoms with Gasteiger partial charge in [-0.05, 0) is 57.6 Å². The van der Waals surface area contributed by atoms with E-state index in [4.69, 9.17) is 13.8 Å². The number of rotatable bonds is 9. The monoisotopic (exact) mass is 556 g/mol. The number of benzene rings is 2. The molecule has 9 nitrogen and oxygen atoms in total. The van der Waals surface area contributed by atoms with Gasteiger partial charge in [-0.2, -0.15) is 0 Å². The Bertz CT molecular complexity index is 1150. The summed E-state index contributed by atoms with van der Waals surface area (Å²) in [5, 5.41) is 2.50. The first-order chi connectivity index (χ1) is 18.5. The highest BCUT2D eigenvalue weighted by molar-refractivity contribution is 7.53. The molecule has 3 atom stereocenters. The molecule has 1 unspecified atom stereocenters. The fourth-order valence-electron chi connectivity index (χ4n) is 4.69. The zero-order chi connectivity index (χ0) is 28.0. The van der Waals surface area contributed by atoms with Crippen molar-refractivity contribution in [3.05, 3.63) is 71.8 Å². The first-order valence-electron chi connectivity index (χ1n) is 13.4. The van der Waals surface area contributed by atoms with Crippen LogP contribution in [0.1, 0.15) is 57.6 Å². The van der Waals surface area contributed by atoms with Crippen molar-refractivity contribution < 1.29 is 32.7 Å². The second kappa shape index (κ2) is 12.5. The Kier molecular flexibility index (Phi) is 9.26. The number of nitrogens with zero attached hydrogens (tertiary/aromatic N) is 2. The van der Waals surface area contributed by atoms with Crippen molar-refractivity contribution in [3.63, 3.8) is 0 Å². The zero-order valence-electron chi connectivity index (χ0n) is 22.8. The van der Waals surface area contributed by atoms with Crippen LogP contribution in [0.25, 0.3) is 0 Å². The zero-order valence-corrected chi connectivity index (χ0v) is 23.7. The Morgan fingerprint density at radius 2 is 1.62 bits per heavy atom. The van der Waals surface area contributed by atoms with Crippen LogP contribution in [-0.4, -0.2) is 58.3 Å². The van der Waals surface area contributed by atoms with Gasteiger partial charge in [0.05, 0.1) is 12.8 Å². The van der Waals surface area contributed by atoms with E-state index in [-0.39, 0.29) is 31.5 Å². The standard InChI is InChI=1S/C29H37N2O7P/c1-29(2,3)37-28(34)24-15-10-19-30-26(32)17-16-25(27(33)31(24)30)38-39(35,20-18-22-11-6-4-7-12-22)36-21-23-13-8-5-9-14-23/h4-9,11-14,24-25H,10,15-21H2,1-3H3/t24-,25-,39?/m0/s1. The molecule has 0 aliphatic carbocycles. The summed E-state index contributed by atoms with van der Waals surface area (Å²) in [5.74, 6) is -1.45. The van der Waals surface area contributed by atoms with Gasteiger partial charge in [0.25, 0.3) is 5.91 Å². The van der Waals surface area contributed by atoms with Crippen LogP contribution in [0.3, 0.4) is 0 Å². The molecule has 0 N–H and O–H groups in total. The smallest absolute Gasteiger partial charge is 0.332 e. The first kappa shape index (κ1) is 29.0. The normalized spacial score (nSPS) is 21.6. The number of hydrazine groups is 1. The van der Waals surface area contributed by atoms with Gasteiger partial charge in [-0.1, -0.05) is 60.7 Å². The van der Waals surface area contributed by atoms with E-state index in [0.29, 0.717) is 25.8 Å². The number of ether oxygens (including phenoxy) is 1. The third-order valence-corrected chi connectivity index (χ3v) is 8.44. The fraction of sp³-hybridized carbons (Fsp3) is 0.483. The van der Waals surface area contributed by atoms with Gasteiger partial charge in [0, 0.05) is 13.0 Å². The van der Waals surface area contributed by atoms with Crippen molar-refractivity contribution in [2.75, 3.05) is 12.7 Å². The van der Waals surface area contributed by atoms with Crippen LogP contribution in [0.15, 0.2) is 60.7 Å². The molecule has 0 bridgehead atoms. The maximum Gasteiger partial charge on any atom is 0.332 e. The highest BCUT2D eigenvalue weighted by Crippen LogP contribution is 2.51. The molecule has 10 heteroatoms. The Hall–Kier alpha value is -3.00. The van der Waals surface area contributed by atoms with Gasteiger partial charge >= 0.3 is 13.6 Å². The van der Waals surface area contributed by atoms with Crippen LogP contribution in [0.2, 0.25) is 0 Å². The van der Waals surface area contributed by atoms with E-state index < -0.39 is 37.2 Å². The van der Waals surface area contributed by atoms with E-state index in [0.717, 1.165) is 11.1 Å². The van der Waals surface area contributed by atoms with Crippen LogP contribution in [0, 0.1) is 0 Å². The van der Waals surface area contributed by atoms with E-state index in [1.54, 1.807) is 20.8 Å². The summed E-state index contributed by atoms with van der Waals surface area (Å²) in [5.41, 5.74) is 1.02. The van der Waals surface area contributed by atoms with Crippen molar-refractivity contribution in [2.24, 2.45) is 0 Å². The number of hydrogen-bond acceptors (Lipinski definition) is 7. The average molecular weight is 557 g/mol. The second-order valence-corrected chi connectivity index (χ2v) is 13.0. The van der Waals surface area contributed by atoms with Crippen molar-refractivity contribution in [1.29, 1.82) is 0 Å². The van der Waals surface area contributed by atoms with E-state index in [9.17, 15) is 18.9 Å². The lowest BCUT2D eigenvalue weighted by molar-refractivity contribution is -0.189. The minimum Gasteiger partial charge on any atom is -0.458 e. The summed E-state index contributed by atoms with van der Waals surface area (Å²) in [7, 11) is -3.81. The molecule has 2 amide bonds. The van der Waals surface area contributed by atoms with Crippen LogP contribution >= 0.6 is 7.60 Å². The van der Waals surface area contributed by atoms with E-state index in [1.165, 1.54) is 10.0 Å². The summed E-state index contributed by atoms with van der Waals surface area (Å²) in [4.78, 5) is 39.9. The van der Waals surface area contributed by atoms with Gasteiger partial charge in [0.15, 0.2) is 6.04 Å². The Morgan fingerprint density at radius 3 is 2.26 bits per heavy atom. The summed E-state index contributed by atoms with van der Waals surface area (Å²) in [6.07, 6.45) is 0.235. The van der Waals surface area contributed by atoms with Gasteiger partial charge in [0.2, 0.25) is 5.91 Å². The SMILES string of the molecule is CC(C)(C)OC(=O)[C@@H]1CCCN2C(=O)CC[C@H](OP(=O)(CCc3ccccc3)OCc3ccccc3)C(=O)N12. The molecule has 39 heavy (non-hydrogen) atoms. The van der Waals surface area contributed by atoms with Crippen molar-refractivity contribution >= 4 is 25.4 Å². The largest absolute Gasteiger partial charge is 0.458 e. The maximum absolute atomic E-state index is 14.1. The van der Waals surface area contributed by atoms with Gasteiger partial charge in [-0.25, -0.2) is 9.80 Å². The summed E-state index contributed by atoms with van der Waals surface area (Å²) < 4.78 is 31.7. The Morgan fingerprint density at radius 1 is 0.974 bits per heavy atom. The van der Waals surface area contributed by atoms with Gasteiger partial charge < -0.3 is 9.26 Å². The maximum atomic E-state index is 14.1. The van der Waals surface area contributed by atoms with Crippen molar-refractivity contribution in [2.45, 2.75) is 77.2 Å². The molecule has 2 aliphatic rings. The number of hydrogen-bond donors (Lipinski definition) is 0. The minimum atomic E-state index is -3.81. The molecule has 2 aliphatic heterocycles. The fourth-order valence-corrected chi connectivity index (χ4v) is 6.45. The third-order valence-electron chi connectivity index (χ3n) is 6.57. The first-order valence-corrected chi connectivity index (χ1v) is 15.1. The van der Waals surface area contributed by atoms with Crippen molar-refractivity contribution in [1.82, 2.24) is 10.0 Å². The van der Waals surface area contributed by atoms with Crippen LogP contribution in [0.4, 0.5) is 0 Å². The van der Waals surface area contributed by atoms with E-state index in [2.05, 4.69) is 0 Å². The number of fused-ring (bicyclic) bond motifs is 1. The number of aryl methyl sites for hydroxylation is 1. The molecule has 0 aromatic heterocycles. The number of carbonyl (C=O) groups excluding carboxylic acids is 3. The molecule has 0 radical (unpaired) electrons. The lowest BCUT2D eigenvalue weighted by Gasteiger charge is -2.43. The second-order valence-electron chi connectivity index (χ2n) is 10.9. The Labute approximate surface area is 229 Å². The topological polar surface area (TPSA) is 102 Å². The molecule has 2 saturated heterocycles. The molecule has 2 heterocycles. The van der Waals surface area contributed by atoms with Gasteiger partial charge in [-0.3, -0.25) is 23.7 Å². The lowest BCUT2D eigenvalue weighted by Crippen LogP contribution is -2.61. The summed E-state index contributed by atoms with van der Waals surface area (Å²) in [6.45, 7) is 5.61. The molecule has 4 rings (SSSR count). The predicted octanol–water partition coefficient (Wildman–Crippen LogP) is 4.89. The van der Waals surface area contributed by atoms with Crippen LogP contribution in [-0.2, 0) is 45.8 Å². The molecule has 2 aromatic carbocycles. The van der Waals surface area contributed by atoms with Crippen molar-refractivity contribution in [3.8, 4) is 0 Å². The highest BCUT2D eigenvalue weighted by Gasteiger charge is 2.47. The number of esters is 1. The summed E-state index contributed by atoms with van der Waals surface area (Å²) in [6, 6.07) is 17.9. The molecule has 0 saturated carbocycles. The predicted molar refractivity (Wildman–Crippen MR) is 145 cm³/mol. The molecule has 2 fully saturated rings. The molecular weight excluding hydrogens is 519 g/mol. The van der Waals surface area contributed by atoms with Crippen LogP contribution in [0.5, 0.6) is 0 Å². The highest BCUT2D eigenvalue weighted by atomic mass is 31.2. The van der Waals surface area contributed by atoms with Crippen LogP contribution < -0.4 is 0 Å².